The molecule has 2 saturated heterocycles. The Hall–Kier alpha value is -1.55. The van der Waals surface area contributed by atoms with Crippen LogP contribution in [0, 0.1) is 11.8 Å². The molecule has 2 aliphatic heterocycles. The number of hydrogen-bond donors (Lipinski definition) is 2. The Morgan fingerprint density at radius 2 is 1.83 bits per heavy atom. The van der Waals surface area contributed by atoms with E-state index in [2.05, 4.69) is 21.2 Å². The van der Waals surface area contributed by atoms with E-state index in [1.807, 2.05) is 4.90 Å². The summed E-state index contributed by atoms with van der Waals surface area (Å²) in [4.78, 5) is 22.9. The predicted molar refractivity (Wildman–Crippen MR) is 75.9 cm³/mol. The number of fused-ring (bicyclic) bond motifs is 1. The lowest BCUT2D eigenvalue weighted by molar-refractivity contribution is -0.192. The molecule has 2 atom stereocenters. The van der Waals surface area contributed by atoms with Crippen LogP contribution in [0.3, 0.4) is 0 Å². The summed E-state index contributed by atoms with van der Waals surface area (Å²) < 4.78 is 37.7. The van der Waals surface area contributed by atoms with Gasteiger partial charge in [0.2, 0.25) is 5.76 Å². The van der Waals surface area contributed by atoms with Gasteiger partial charge in [-0.25, -0.2) is 4.79 Å². The maximum atomic E-state index is 12.1. The number of alkyl halides is 3. The zero-order valence-electron chi connectivity index (χ0n) is 11.8. The second-order valence-corrected chi connectivity index (χ2v) is 6.14. The Labute approximate surface area is 137 Å². The summed E-state index contributed by atoms with van der Waals surface area (Å²) in [6, 6.07) is 1.76. The number of nitrogens with one attached hydrogen (secondary N) is 1. The number of hydrogen-bond acceptors (Lipinski definition) is 4. The molecule has 0 aromatic carbocycles. The molecule has 0 radical (unpaired) electrons. The number of carboxylic acid groups (broad SMARTS) is 1. The molecule has 10 heteroatoms. The van der Waals surface area contributed by atoms with Gasteiger partial charge in [0, 0.05) is 26.2 Å². The number of carbonyl (C=O) groups excluding carboxylic acids is 1. The second-order valence-electron chi connectivity index (χ2n) is 5.29. The molecule has 0 aliphatic carbocycles. The molecule has 2 N–H and O–H groups in total. The first-order valence-electron chi connectivity index (χ1n) is 6.73. The third kappa shape index (κ3) is 4.25. The number of aliphatic carboxylic acids is 1. The lowest BCUT2D eigenvalue weighted by atomic mass is 10.0. The smallest absolute Gasteiger partial charge is 0.475 e. The summed E-state index contributed by atoms with van der Waals surface area (Å²) in [5.41, 5.74) is 0. The second kappa shape index (κ2) is 6.91. The van der Waals surface area contributed by atoms with Crippen LogP contribution in [-0.2, 0) is 4.79 Å². The largest absolute Gasteiger partial charge is 0.490 e. The highest BCUT2D eigenvalue weighted by atomic mass is 79.9. The Bertz CT molecular complexity index is 578. The molecular formula is C13H14BrF3N2O4. The fourth-order valence-electron chi connectivity index (χ4n) is 2.61. The molecule has 1 aromatic heterocycles. The average Bonchev–Trinajstić information content (AvgIpc) is 3.11. The third-order valence-electron chi connectivity index (χ3n) is 3.73. The first-order valence-corrected chi connectivity index (χ1v) is 7.52. The van der Waals surface area contributed by atoms with E-state index < -0.39 is 12.1 Å². The van der Waals surface area contributed by atoms with Crippen molar-refractivity contribution in [3.8, 4) is 0 Å². The Morgan fingerprint density at radius 1 is 1.30 bits per heavy atom. The Kier molecular flexibility index (Phi) is 5.35. The monoisotopic (exact) mass is 398 g/mol. The zero-order chi connectivity index (χ0) is 17.2. The van der Waals surface area contributed by atoms with Gasteiger partial charge in [-0.3, -0.25) is 4.79 Å². The molecule has 128 valence electrons. The lowest BCUT2D eigenvalue weighted by Gasteiger charge is -2.16. The first-order chi connectivity index (χ1) is 10.7. The van der Waals surface area contributed by atoms with Crippen LogP contribution >= 0.6 is 15.9 Å². The quantitative estimate of drug-likeness (QED) is 0.755. The van der Waals surface area contributed by atoms with E-state index in [1.165, 1.54) is 6.26 Å². The molecule has 3 heterocycles. The predicted octanol–water partition coefficient (Wildman–Crippen LogP) is 1.97. The first kappa shape index (κ1) is 17.8. The van der Waals surface area contributed by atoms with Crippen LogP contribution in [0.2, 0.25) is 0 Å². The number of amides is 1. The van der Waals surface area contributed by atoms with Gasteiger partial charge in [-0.2, -0.15) is 13.2 Å². The third-order valence-corrected chi connectivity index (χ3v) is 4.36. The molecule has 2 unspecified atom stereocenters. The maximum Gasteiger partial charge on any atom is 0.490 e. The fraction of sp³-hybridized carbons (Fsp3) is 0.538. The van der Waals surface area contributed by atoms with Crippen molar-refractivity contribution in [3.63, 3.8) is 0 Å². The van der Waals surface area contributed by atoms with E-state index in [9.17, 15) is 18.0 Å². The maximum absolute atomic E-state index is 12.1. The number of nitrogens with zero attached hydrogens (tertiary/aromatic N) is 1. The minimum Gasteiger partial charge on any atom is -0.475 e. The van der Waals surface area contributed by atoms with E-state index in [0.29, 0.717) is 17.6 Å². The number of likely N-dealkylation sites (tertiary alicyclic amines) is 1. The van der Waals surface area contributed by atoms with E-state index in [-0.39, 0.29) is 5.91 Å². The highest BCUT2D eigenvalue weighted by Gasteiger charge is 2.39. The van der Waals surface area contributed by atoms with Gasteiger partial charge < -0.3 is 19.7 Å². The summed E-state index contributed by atoms with van der Waals surface area (Å²) in [6.45, 7) is 3.77. The van der Waals surface area contributed by atoms with Crippen molar-refractivity contribution in [3.05, 3.63) is 22.6 Å². The van der Waals surface area contributed by atoms with Gasteiger partial charge in [-0.05, 0) is 33.8 Å². The van der Waals surface area contributed by atoms with Crippen molar-refractivity contribution in [2.24, 2.45) is 11.8 Å². The minimum atomic E-state index is -5.08. The van der Waals surface area contributed by atoms with Crippen molar-refractivity contribution in [2.75, 3.05) is 26.2 Å². The van der Waals surface area contributed by atoms with Crippen LogP contribution in [0.5, 0.6) is 0 Å². The SMILES string of the molecule is O=C(O)C(F)(F)F.O=C(c1occc1Br)N1CC2CNCC2C1. The van der Waals surface area contributed by atoms with E-state index >= 15 is 0 Å². The number of halogens is 4. The summed E-state index contributed by atoms with van der Waals surface area (Å²) in [6.07, 6.45) is -3.55. The molecule has 2 fully saturated rings. The summed E-state index contributed by atoms with van der Waals surface area (Å²) in [5, 5.41) is 10.5. The molecule has 23 heavy (non-hydrogen) atoms. The van der Waals surface area contributed by atoms with E-state index in [0.717, 1.165) is 30.7 Å². The summed E-state index contributed by atoms with van der Waals surface area (Å²) >= 11 is 3.32. The Balaban J connectivity index is 0.000000236. The number of furan rings is 1. The zero-order valence-corrected chi connectivity index (χ0v) is 13.4. The topological polar surface area (TPSA) is 82.8 Å². The average molecular weight is 399 g/mol. The molecule has 2 aliphatic rings. The Morgan fingerprint density at radius 3 is 2.22 bits per heavy atom. The molecular weight excluding hydrogens is 385 g/mol. The van der Waals surface area contributed by atoms with Gasteiger partial charge in [0.15, 0.2) is 0 Å². The molecule has 0 saturated carbocycles. The standard InChI is InChI=1S/C11H13BrN2O2.C2HF3O2/c12-9-1-2-16-10(9)11(15)14-5-7-3-13-4-8(7)6-14;3-2(4,5)1(6)7/h1-2,7-8,13H,3-6H2;(H,6,7). The highest BCUT2D eigenvalue weighted by molar-refractivity contribution is 9.10. The molecule has 6 nitrogen and oxygen atoms in total. The lowest BCUT2D eigenvalue weighted by Crippen LogP contribution is -2.31. The summed E-state index contributed by atoms with van der Waals surface area (Å²) in [7, 11) is 0. The van der Waals surface area contributed by atoms with Crippen LogP contribution in [-0.4, -0.2) is 54.2 Å². The van der Waals surface area contributed by atoms with Crippen LogP contribution in [0.25, 0.3) is 0 Å². The van der Waals surface area contributed by atoms with Crippen molar-refractivity contribution in [1.82, 2.24) is 10.2 Å². The van der Waals surface area contributed by atoms with Crippen molar-refractivity contribution in [1.29, 1.82) is 0 Å². The number of carbonyl (C=O) groups is 2. The van der Waals surface area contributed by atoms with Gasteiger partial charge in [0.1, 0.15) is 0 Å². The number of rotatable bonds is 1. The normalized spacial score (nSPS) is 23.2. The molecule has 0 bridgehead atoms. The van der Waals surface area contributed by atoms with Gasteiger partial charge >= 0.3 is 12.1 Å². The van der Waals surface area contributed by atoms with Gasteiger partial charge in [0.05, 0.1) is 10.7 Å². The molecule has 1 amide bonds. The number of carboxylic acids is 1. The minimum absolute atomic E-state index is 0.00581. The van der Waals surface area contributed by atoms with Gasteiger partial charge in [-0.1, -0.05) is 0 Å². The van der Waals surface area contributed by atoms with Crippen molar-refractivity contribution >= 4 is 27.8 Å². The van der Waals surface area contributed by atoms with Crippen LogP contribution in [0.15, 0.2) is 21.2 Å². The van der Waals surface area contributed by atoms with Crippen LogP contribution < -0.4 is 5.32 Å². The molecule has 0 spiro atoms. The van der Waals surface area contributed by atoms with E-state index in [4.69, 9.17) is 14.3 Å². The van der Waals surface area contributed by atoms with E-state index in [1.54, 1.807) is 6.07 Å². The molecule has 3 rings (SSSR count). The van der Waals surface area contributed by atoms with Gasteiger partial charge in [-0.15, -0.1) is 0 Å². The fourth-order valence-corrected chi connectivity index (χ4v) is 2.98. The highest BCUT2D eigenvalue weighted by Crippen LogP contribution is 2.29. The van der Waals surface area contributed by atoms with Crippen molar-refractivity contribution < 1.29 is 32.3 Å². The van der Waals surface area contributed by atoms with Crippen LogP contribution in [0.4, 0.5) is 13.2 Å². The summed E-state index contributed by atoms with van der Waals surface area (Å²) in [5.74, 6) is -1.08. The van der Waals surface area contributed by atoms with Crippen LogP contribution in [0.1, 0.15) is 10.6 Å². The van der Waals surface area contributed by atoms with Crippen molar-refractivity contribution in [2.45, 2.75) is 6.18 Å². The molecule has 1 aromatic rings. The van der Waals surface area contributed by atoms with Gasteiger partial charge in [0.25, 0.3) is 5.91 Å².